The van der Waals surface area contributed by atoms with Gasteiger partial charge in [-0.1, -0.05) is 12.8 Å². The van der Waals surface area contributed by atoms with Crippen molar-refractivity contribution in [3.05, 3.63) is 12.3 Å². The lowest BCUT2D eigenvalue weighted by Gasteiger charge is -2.26. The number of rotatable bonds is 3. The minimum Gasteiger partial charge on any atom is -0.336 e. The molecule has 112 valence electrons. The molecule has 0 bridgehead atoms. The summed E-state index contributed by atoms with van der Waals surface area (Å²) in [6.07, 6.45) is 11.7. The number of carbonyl (C=O) groups is 2. The van der Waals surface area contributed by atoms with E-state index in [0.29, 0.717) is 12.8 Å². The van der Waals surface area contributed by atoms with Crippen molar-refractivity contribution in [2.75, 3.05) is 13.1 Å². The van der Waals surface area contributed by atoms with Gasteiger partial charge in [0.1, 0.15) is 0 Å². The Balaban J connectivity index is 1.94. The maximum atomic E-state index is 12.0. The fraction of sp³-hybridized carbons (Fsp3) is 0.750. The normalized spacial score (nSPS) is 23.9. The van der Waals surface area contributed by atoms with E-state index in [0.717, 1.165) is 51.6 Å². The van der Waals surface area contributed by atoms with Gasteiger partial charge in [-0.25, -0.2) is 0 Å². The molecule has 2 heterocycles. The zero-order valence-electron chi connectivity index (χ0n) is 12.5. The van der Waals surface area contributed by atoms with Crippen LogP contribution in [0, 0.1) is 0 Å². The predicted octanol–water partition coefficient (Wildman–Crippen LogP) is 2.69. The van der Waals surface area contributed by atoms with Crippen molar-refractivity contribution in [2.24, 2.45) is 0 Å². The molecule has 1 atom stereocenters. The molecule has 2 fully saturated rings. The van der Waals surface area contributed by atoms with Gasteiger partial charge < -0.3 is 9.80 Å². The molecule has 0 aromatic rings. The fourth-order valence-electron chi connectivity index (χ4n) is 2.93. The highest BCUT2D eigenvalue weighted by molar-refractivity contribution is 5.78. The Hall–Kier alpha value is -1.32. The lowest BCUT2D eigenvalue weighted by Crippen LogP contribution is -2.37. The highest BCUT2D eigenvalue weighted by Gasteiger charge is 2.21. The standard InChI is InChI=1S/C16H26N2O2/c1-14(18-12-7-3-5-9-16(18)20)10-13-17-11-6-2-4-8-15(17)19/h10,13-14H,2-9,11-12H2,1H3/b13-10+/t14-/m0/s1. The third-order valence-corrected chi connectivity index (χ3v) is 4.26. The zero-order valence-corrected chi connectivity index (χ0v) is 12.5. The second-order valence-corrected chi connectivity index (χ2v) is 5.88. The van der Waals surface area contributed by atoms with Crippen LogP contribution in [0.25, 0.3) is 0 Å². The van der Waals surface area contributed by atoms with Crippen LogP contribution in [-0.2, 0) is 9.59 Å². The summed E-state index contributed by atoms with van der Waals surface area (Å²) >= 11 is 0. The summed E-state index contributed by atoms with van der Waals surface area (Å²) in [5.74, 6) is 0.468. The summed E-state index contributed by atoms with van der Waals surface area (Å²) in [6, 6.07) is 0.0802. The van der Waals surface area contributed by atoms with Crippen LogP contribution in [0.15, 0.2) is 12.3 Å². The van der Waals surface area contributed by atoms with Gasteiger partial charge in [0.05, 0.1) is 0 Å². The molecular weight excluding hydrogens is 252 g/mol. The number of nitrogens with zero attached hydrogens (tertiary/aromatic N) is 2. The Morgan fingerprint density at radius 3 is 2.30 bits per heavy atom. The van der Waals surface area contributed by atoms with Crippen molar-refractivity contribution in [1.29, 1.82) is 0 Å². The first-order chi connectivity index (χ1) is 9.68. The largest absolute Gasteiger partial charge is 0.336 e. The summed E-state index contributed by atoms with van der Waals surface area (Å²) < 4.78 is 0. The molecule has 0 aromatic carbocycles. The molecule has 2 aliphatic rings. The van der Waals surface area contributed by atoms with Gasteiger partial charge in [-0.05, 0) is 38.7 Å². The smallest absolute Gasteiger partial charge is 0.226 e. The lowest BCUT2D eigenvalue weighted by atomic mass is 10.2. The molecule has 0 aromatic heterocycles. The molecule has 0 saturated carbocycles. The average Bonchev–Trinajstić information content (AvgIpc) is 2.77. The molecule has 0 radical (unpaired) electrons. The van der Waals surface area contributed by atoms with Crippen LogP contribution in [0.4, 0.5) is 0 Å². The van der Waals surface area contributed by atoms with Crippen molar-refractivity contribution >= 4 is 11.8 Å². The van der Waals surface area contributed by atoms with E-state index < -0.39 is 0 Å². The van der Waals surface area contributed by atoms with E-state index in [9.17, 15) is 9.59 Å². The van der Waals surface area contributed by atoms with Gasteiger partial charge >= 0.3 is 0 Å². The molecule has 2 aliphatic heterocycles. The maximum absolute atomic E-state index is 12.0. The fourth-order valence-corrected chi connectivity index (χ4v) is 2.93. The molecule has 4 heteroatoms. The minimum absolute atomic E-state index is 0.0802. The highest BCUT2D eigenvalue weighted by atomic mass is 16.2. The molecule has 2 amide bonds. The van der Waals surface area contributed by atoms with Crippen LogP contribution in [0.2, 0.25) is 0 Å². The Kier molecular flexibility index (Phi) is 5.62. The monoisotopic (exact) mass is 278 g/mol. The third-order valence-electron chi connectivity index (χ3n) is 4.26. The molecular formula is C16H26N2O2. The zero-order chi connectivity index (χ0) is 14.4. The molecule has 4 nitrogen and oxygen atoms in total. The maximum Gasteiger partial charge on any atom is 0.226 e. The molecule has 0 unspecified atom stereocenters. The Labute approximate surface area is 121 Å². The van der Waals surface area contributed by atoms with E-state index in [1.54, 1.807) is 0 Å². The Morgan fingerprint density at radius 2 is 1.55 bits per heavy atom. The van der Waals surface area contributed by atoms with Gasteiger partial charge in [-0.3, -0.25) is 9.59 Å². The van der Waals surface area contributed by atoms with E-state index in [-0.39, 0.29) is 17.9 Å². The topological polar surface area (TPSA) is 40.6 Å². The summed E-state index contributed by atoms with van der Waals surface area (Å²) in [6.45, 7) is 3.70. The van der Waals surface area contributed by atoms with Crippen molar-refractivity contribution in [1.82, 2.24) is 9.80 Å². The van der Waals surface area contributed by atoms with Gasteiger partial charge in [-0.2, -0.15) is 0 Å². The van der Waals surface area contributed by atoms with Gasteiger partial charge in [-0.15, -0.1) is 0 Å². The van der Waals surface area contributed by atoms with E-state index in [2.05, 4.69) is 0 Å². The summed E-state index contributed by atoms with van der Waals surface area (Å²) in [7, 11) is 0. The Bertz CT molecular complexity index is 379. The predicted molar refractivity (Wildman–Crippen MR) is 79.0 cm³/mol. The third kappa shape index (κ3) is 4.09. The van der Waals surface area contributed by atoms with Crippen LogP contribution in [0.3, 0.4) is 0 Å². The van der Waals surface area contributed by atoms with Crippen LogP contribution < -0.4 is 0 Å². The SMILES string of the molecule is C[C@@H](/C=C/N1CCCCCC1=O)N1CCCCCC1=O. The molecule has 20 heavy (non-hydrogen) atoms. The number of likely N-dealkylation sites (tertiary alicyclic amines) is 2. The summed E-state index contributed by atoms with van der Waals surface area (Å²) in [5.41, 5.74) is 0. The number of carbonyl (C=O) groups excluding carboxylic acids is 2. The second kappa shape index (κ2) is 7.46. The van der Waals surface area contributed by atoms with E-state index in [1.165, 1.54) is 0 Å². The molecule has 0 aliphatic carbocycles. The van der Waals surface area contributed by atoms with Crippen LogP contribution in [0.1, 0.15) is 58.3 Å². The molecule has 2 rings (SSSR count). The van der Waals surface area contributed by atoms with Crippen LogP contribution in [0.5, 0.6) is 0 Å². The Morgan fingerprint density at radius 1 is 0.900 bits per heavy atom. The number of hydrogen-bond donors (Lipinski definition) is 0. The molecule has 2 saturated heterocycles. The van der Waals surface area contributed by atoms with Gasteiger partial charge in [0.2, 0.25) is 11.8 Å². The van der Waals surface area contributed by atoms with Gasteiger partial charge in [0, 0.05) is 38.2 Å². The van der Waals surface area contributed by atoms with E-state index in [4.69, 9.17) is 0 Å². The van der Waals surface area contributed by atoms with E-state index in [1.807, 2.05) is 29.0 Å². The number of hydrogen-bond acceptors (Lipinski definition) is 2. The van der Waals surface area contributed by atoms with Gasteiger partial charge in [0.25, 0.3) is 0 Å². The first-order valence-corrected chi connectivity index (χ1v) is 7.96. The second-order valence-electron chi connectivity index (χ2n) is 5.88. The van der Waals surface area contributed by atoms with Crippen molar-refractivity contribution in [3.8, 4) is 0 Å². The highest BCUT2D eigenvalue weighted by Crippen LogP contribution is 2.16. The molecule has 0 N–H and O–H groups in total. The van der Waals surface area contributed by atoms with Crippen LogP contribution in [-0.4, -0.2) is 40.7 Å². The van der Waals surface area contributed by atoms with Crippen molar-refractivity contribution < 1.29 is 9.59 Å². The van der Waals surface area contributed by atoms with Crippen molar-refractivity contribution in [2.45, 2.75) is 64.3 Å². The van der Waals surface area contributed by atoms with E-state index >= 15 is 0 Å². The first-order valence-electron chi connectivity index (χ1n) is 7.96. The molecule has 0 spiro atoms. The van der Waals surface area contributed by atoms with Crippen molar-refractivity contribution in [3.63, 3.8) is 0 Å². The summed E-state index contributed by atoms with van der Waals surface area (Å²) in [4.78, 5) is 27.7. The summed E-state index contributed by atoms with van der Waals surface area (Å²) in [5, 5.41) is 0. The minimum atomic E-state index is 0.0802. The van der Waals surface area contributed by atoms with Gasteiger partial charge in [0.15, 0.2) is 0 Å². The first kappa shape index (κ1) is 15.1. The van der Waals surface area contributed by atoms with Crippen LogP contribution >= 0.6 is 0 Å². The average molecular weight is 278 g/mol. The lowest BCUT2D eigenvalue weighted by molar-refractivity contribution is -0.131. The number of amides is 2. The quantitative estimate of drug-likeness (QED) is 0.796.